The second-order valence-electron chi connectivity index (χ2n) is 11.4. The molecule has 3 heterocycles. The summed E-state index contributed by atoms with van der Waals surface area (Å²) in [5.74, 6) is 1.69. The first-order valence-electron chi connectivity index (χ1n) is 15.2. The Morgan fingerprint density at radius 2 is 1.67 bits per heavy atom. The van der Waals surface area contributed by atoms with E-state index in [9.17, 15) is 4.21 Å². The van der Waals surface area contributed by atoms with Crippen molar-refractivity contribution in [3.8, 4) is 0 Å². The van der Waals surface area contributed by atoms with Crippen LogP contribution in [0.2, 0.25) is 5.02 Å². The Morgan fingerprint density at radius 1 is 0.949 bits per heavy atom. The van der Waals surface area contributed by atoms with Crippen molar-refractivity contribution in [2.24, 2.45) is 0 Å². The number of pyridine rings is 1. The lowest BCUT2D eigenvalue weighted by molar-refractivity contribution is 0.197. The van der Waals surface area contributed by atoms with Gasteiger partial charge in [0.25, 0.3) is 0 Å². The average molecular weight is 574 g/mol. The molecule has 4 rings (SSSR count). The highest BCUT2D eigenvalue weighted by Gasteiger charge is 2.27. The van der Waals surface area contributed by atoms with Gasteiger partial charge in [0.05, 0.1) is 17.4 Å². The van der Waals surface area contributed by atoms with Crippen molar-refractivity contribution in [1.82, 2.24) is 9.88 Å². The minimum Gasteiger partial charge on any atom is -0.497 e. The number of benzene rings is 1. The van der Waals surface area contributed by atoms with E-state index in [4.69, 9.17) is 16.3 Å². The molecular formula is C32H48ClN3O2S. The molecule has 0 bridgehead atoms. The fourth-order valence-electron chi connectivity index (χ4n) is 5.97. The van der Waals surface area contributed by atoms with Crippen molar-refractivity contribution in [2.75, 3.05) is 50.0 Å². The first-order valence-corrected chi connectivity index (χ1v) is 17.0. The average Bonchev–Trinajstić information content (AvgIpc) is 3.07. The van der Waals surface area contributed by atoms with Gasteiger partial charge < -0.3 is 14.5 Å². The van der Waals surface area contributed by atoms with Gasteiger partial charge in [0, 0.05) is 58.5 Å². The van der Waals surface area contributed by atoms with Crippen LogP contribution in [-0.4, -0.2) is 64.4 Å². The second kappa shape index (κ2) is 16.0. The van der Waals surface area contributed by atoms with E-state index >= 15 is 0 Å². The number of anilines is 1. The SMILES string of the molecule is CC1=C(OCCCCCCCCCCCCN2CCCN(c3ccnc4cc(Cl)ccc34)CC2)C(C)S(=O)C1. The highest BCUT2D eigenvalue weighted by Crippen LogP contribution is 2.28. The van der Waals surface area contributed by atoms with Crippen molar-refractivity contribution in [3.63, 3.8) is 0 Å². The van der Waals surface area contributed by atoms with Crippen LogP contribution in [0.3, 0.4) is 0 Å². The summed E-state index contributed by atoms with van der Waals surface area (Å²) >= 11 is 6.18. The van der Waals surface area contributed by atoms with Gasteiger partial charge in [-0.05, 0) is 76.0 Å². The molecule has 2 unspecified atom stereocenters. The molecule has 1 saturated heterocycles. The van der Waals surface area contributed by atoms with Crippen molar-refractivity contribution in [2.45, 2.75) is 89.7 Å². The normalized spacial score (nSPS) is 20.6. The lowest BCUT2D eigenvalue weighted by Crippen LogP contribution is -2.31. The first-order chi connectivity index (χ1) is 19.0. The molecule has 39 heavy (non-hydrogen) atoms. The molecule has 1 fully saturated rings. The molecule has 0 amide bonds. The predicted molar refractivity (Wildman–Crippen MR) is 167 cm³/mol. The molecule has 5 nitrogen and oxygen atoms in total. The fraction of sp³-hybridized carbons (Fsp3) is 0.656. The Kier molecular flexibility index (Phi) is 12.4. The van der Waals surface area contributed by atoms with E-state index in [1.807, 2.05) is 25.3 Å². The maximum atomic E-state index is 11.9. The van der Waals surface area contributed by atoms with Crippen LogP contribution in [0, 0.1) is 0 Å². The Balaban J connectivity index is 0.997. The Bertz CT molecular complexity index is 1110. The van der Waals surface area contributed by atoms with E-state index < -0.39 is 10.8 Å². The molecule has 7 heteroatoms. The van der Waals surface area contributed by atoms with Crippen LogP contribution in [-0.2, 0) is 15.5 Å². The van der Waals surface area contributed by atoms with Crippen LogP contribution in [0.4, 0.5) is 5.69 Å². The van der Waals surface area contributed by atoms with Crippen LogP contribution >= 0.6 is 11.6 Å². The summed E-state index contributed by atoms with van der Waals surface area (Å²) in [5.41, 5.74) is 3.45. The lowest BCUT2D eigenvalue weighted by atomic mass is 10.1. The number of fused-ring (bicyclic) bond motifs is 1. The Morgan fingerprint density at radius 3 is 2.38 bits per heavy atom. The number of aromatic nitrogens is 1. The van der Waals surface area contributed by atoms with Crippen molar-refractivity contribution >= 4 is 39.0 Å². The standard InChI is InChI=1S/C32H48ClN3O2S/c1-26-25-39(37)27(2)32(26)38-23-12-10-8-6-4-3-5-7-9-11-18-35-19-13-20-36(22-21-35)31-16-17-34-30-24-28(33)14-15-29(30)31/h14-17,24,27H,3-13,18-23,25H2,1-2H3. The number of rotatable bonds is 15. The third-order valence-electron chi connectivity index (χ3n) is 8.28. The highest BCUT2D eigenvalue weighted by atomic mass is 35.5. The second-order valence-corrected chi connectivity index (χ2v) is 13.6. The summed E-state index contributed by atoms with van der Waals surface area (Å²) in [6.45, 7) is 10.6. The Hall–Kier alpha value is -1.63. The maximum absolute atomic E-state index is 11.9. The van der Waals surface area contributed by atoms with Gasteiger partial charge in [-0.25, -0.2) is 0 Å². The third-order valence-corrected chi connectivity index (χ3v) is 10.2. The van der Waals surface area contributed by atoms with E-state index in [0.717, 1.165) is 49.0 Å². The maximum Gasteiger partial charge on any atom is 0.111 e. The van der Waals surface area contributed by atoms with E-state index in [0.29, 0.717) is 5.75 Å². The number of ether oxygens (including phenoxy) is 1. The number of hydrogen-bond donors (Lipinski definition) is 0. The summed E-state index contributed by atoms with van der Waals surface area (Å²) in [5, 5.41) is 2.03. The molecule has 216 valence electrons. The molecule has 2 aliphatic heterocycles. The van der Waals surface area contributed by atoms with Crippen molar-refractivity contribution in [3.05, 3.63) is 46.8 Å². The molecule has 2 aromatic rings. The van der Waals surface area contributed by atoms with Crippen LogP contribution < -0.4 is 4.90 Å². The zero-order chi connectivity index (χ0) is 27.5. The summed E-state index contributed by atoms with van der Waals surface area (Å²) in [6, 6.07) is 8.20. The van der Waals surface area contributed by atoms with Gasteiger partial charge in [0.1, 0.15) is 5.76 Å². The van der Waals surface area contributed by atoms with Gasteiger partial charge in [-0.15, -0.1) is 0 Å². The van der Waals surface area contributed by atoms with Gasteiger partial charge in [0.2, 0.25) is 0 Å². The van der Waals surface area contributed by atoms with E-state index in [1.54, 1.807) is 0 Å². The van der Waals surface area contributed by atoms with Crippen LogP contribution in [0.1, 0.15) is 84.5 Å². The van der Waals surface area contributed by atoms with Gasteiger partial charge in [0.15, 0.2) is 0 Å². The Labute approximate surface area is 243 Å². The van der Waals surface area contributed by atoms with Crippen LogP contribution in [0.15, 0.2) is 41.8 Å². The number of unbranched alkanes of at least 4 members (excludes halogenated alkanes) is 9. The number of halogens is 1. The summed E-state index contributed by atoms with van der Waals surface area (Å²) in [6.07, 6.45) is 16.3. The zero-order valence-corrected chi connectivity index (χ0v) is 25.7. The summed E-state index contributed by atoms with van der Waals surface area (Å²) in [4.78, 5) is 9.71. The van der Waals surface area contributed by atoms with Crippen molar-refractivity contribution in [1.29, 1.82) is 0 Å². The largest absolute Gasteiger partial charge is 0.497 e. The molecule has 2 aliphatic rings. The van der Waals surface area contributed by atoms with E-state index in [2.05, 4.69) is 33.8 Å². The topological polar surface area (TPSA) is 45.7 Å². The van der Waals surface area contributed by atoms with E-state index in [1.165, 1.54) is 93.9 Å². The van der Waals surface area contributed by atoms with Crippen molar-refractivity contribution < 1.29 is 8.95 Å². The number of hydrogen-bond acceptors (Lipinski definition) is 5. The quantitative estimate of drug-likeness (QED) is 0.204. The molecule has 0 radical (unpaired) electrons. The molecule has 1 aromatic carbocycles. The number of nitrogens with zero attached hydrogens (tertiary/aromatic N) is 3. The lowest BCUT2D eigenvalue weighted by Gasteiger charge is -2.25. The minimum atomic E-state index is -0.767. The summed E-state index contributed by atoms with van der Waals surface area (Å²) < 4.78 is 17.8. The van der Waals surface area contributed by atoms with Crippen LogP contribution in [0.25, 0.3) is 10.9 Å². The summed E-state index contributed by atoms with van der Waals surface area (Å²) in [7, 11) is -0.767. The molecule has 0 aliphatic carbocycles. The third kappa shape index (κ3) is 9.19. The molecule has 0 saturated carbocycles. The molecule has 0 spiro atoms. The monoisotopic (exact) mass is 573 g/mol. The molecule has 0 N–H and O–H groups in total. The van der Waals surface area contributed by atoms with Gasteiger partial charge >= 0.3 is 0 Å². The molecule has 2 atom stereocenters. The fourth-order valence-corrected chi connectivity index (χ4v) is 7.46. The zero-order valence-electron chi connectivity index (χ0n) is 24.1. The minimum absolute atomic E-state index is 0.0826. The molecule has 1 aromatic heterocycles. The highest BCUT2D eigenvalue weighted by molar-refractivity contribution is 7.86. The van der Waals surface area contributed by atoms with Gasteiger partial charge in [-0.1, -0.05) is 63.0 Å². The smallest absolute Gasteiger partial charge is 0.111 e. The van der Waals surface area contributed by atoms with Gasteiger partial charge in [-0.2, -0.15) is 0 Å². The van der Waals surface area contributed by atoms with E-state index in [-0.39, 0.29) is 5.25 Å². The molecular weight excluding hydrogens is 526 g/mol. The predicted octanol–water partition coefficient (Wildman–Crippen LogP) is 7.74. The van der Waals surface area contributed by atoms with Crippen LogP contribution in [0.5, 0.6) is 0 Å². The first kappa shape index (κ1) is 30.3. The van der Waals surface area contributed by atoms with Gasteiger partial charge in [-0.3, -0.25) is 9.19 Å².